The first-order valence-electron chi connectivity index (χ1n) is 9.69. The van der Waals surface area contributed by atoms with Gasteiger partial charge in [-0.05, 0) is 55.8 Å². The van der Waals surface area contributed by atoms with Gasteiger partial charge in [0.25, 0.3) is 5.91 Å². The van der Waals surface area contributed by atoms with E-state index in [-0.39, 0.29) is 19.1 Å². The molecule has 9 nitrogen and oxygen atoms in total. The molecule has 0 radical (unpaired) electrons. The summed E-state index contributed by atoms with van der Waals surface area (Å²) in [5.74, 6) is -0.296. The van der Waals surface area contributed by atoms with Gasteiger partial charge in [-0.1, -0.05) is 6.07 Å². The van der Waals surface area contributed by atoms with Crippen LogP contribution in [0, 0.1) is 0 Å². The molecule has 0 heterocycles. The summed E-state index contributed by atoms with van der Waals surface area (Å²) in [5.41, 5.74) is 3.95. The topological polar surface area (TPSA) is 115 Å². The van der Waals surface area contributed by atoms with Crippen molar-refractivity contribution in [1.29, 1.82) is 0 Å². The van der Waals surface area contributed by atoms with E-state index in [4.69, 9.17) is 14.2 Å². The largest absolute Gasteiger partial charge is 0.490 e. The fourth-order valence-electron chi connectivity index (χ4n) is 2.50. The van der Waals surface area contributed by atoms with Crippen molar-refractivity contribution in [3.8, 4) is 11.5 Å². The normalized spacial score (nSPS) is 10.4. The lowest BCUT2D eigenvalue weighted by atomic mass is 10.2. The Balaban J connectivity index is 2.03. The minimum absolute atomic E-state index is 0.227. The fourth-order valence-corrected chi connectivity index (χ4v) is 2.50. The van der Waals surface area contributed by atoms with Crippen LogP contribution < -0.4 is 20.2 Å². The van der Waals surface area contributed by atoms with E-state index in [0.717, 1.165) is 0 Å². The van der Waals surface area contributed by atoms with Crippen LogP contribution in [0.15, 0.2) is 47.6 Å². The molecule has 0 unspecified atom stereocenters. The number of hydrogen-bond donors (Lipinski definition) is 2. The number of rotatable bonds is 10. The molecule has 0 saturated heterocycles. The van der Waals surface area contributed by atoms with Crippen LogP contribution in [0.5, 0.6) is 11.5 Å². The van der Waals surface area contributed by atoms with E-state index in [2.05, 4.69) is 15.8 Å². The Kier molecular flexibility index (Phi) is 9.03. The van der Waals surface area contributed by atoms with Gasteiger partial charge in [0.05, 0.1) is 19.4 Å². The number of nitrogens with zero attached hydrogens (tertiary/aromatic N) is 1. The van der Waals surface area contributed by atoms with Crippen LogP contribution in [0.4, 0.5) is 5.69 Å². The van der Waals surface area contributed by atoms with E-state index >= 15 is 0 Å². The maximum Gasteiger partial charge on any atom is 0.344 e. The van der Waals surface area contributed by atoms with Crippen LogP contribution in [0.3, 0.4) is 0 Å². The molecule has 0 atom stereocenters. The molecule has 0 bridgehead atoms. The molecule has 0 spiro atoms. The van der Waals surface area contributed by atoms with Crippen LogP contribution in [0.25, 0.3) is 0 Å². The number of anilines is 1. The molecule has 2 amide bonds. The van der Waals surface area contributed by atoms with Crippen molar-refractivity contribution in [3.63, 3.8) is 0 Å². The van der Waals surface area contributed by atoms with Crippen molar-refractivity contribution < 1.29 is 28.6 Å². The maximum atomic E-state index is 12.3. The lowest BCUT2D eigenvalue weighted by Gasteiger charge is -2.12. The number of hydrazone groups is 1. The lowest BCUT2D eigenvalue weighted by Crippen LogP contribution is -2.18. The quantitative estimate of drug-likeness (QED) is 0.342. The van der Waals surface area contributed by atoms with Crippen molar-refractivity contribution in [1.82, 2.24) is 5.43 Å². The second-order valence-electron chi connectivity index (χ2n) is 6.19. The van der Waals surface area contributed by atoms with E-state index in [9.17, 15) is 14.4 Å². The smallest absolute Gasteiger partial charge is 0.344 e. The Bertz CT molecular complexity index is 958. The van der Waals surface area contributed by atoms with Crippen LogP contribution in [0.2, 0.25) is 0 Å². The van der Waals surface area contributed by atoms with Gasteiger partial charge in [-0.3, -0.25) is 9.59 Å². The zero-order valence-corrected chi connectivity index (χ0v) is 17.6. The number of hydrogen-bond acceptors (Lipinski definition) is 7. The molecule has 164 valence electrons. The highest BCUT2D eigenvalue weighted by atomic mass is 16.6. The summed E-state index contributed by atoms with van der Waals surface area (Å²) >= 11 is 0. The number of carbonyl (C=O) groups is 3. The minimum Gasteiger partial charge on any atom is -0.490 e. The van der Waals surface area contributed by atoms with Gasteiger partial charge in [0.15, 0.2) is 18.1 Å². The van der Waals surface area contributed by atoms with Gasteiger partial charge >= 0.3 is 5.97 Å². The number of carbonyl (C=O) groups excluding carboxylic acids is 3. The number of benzene rings is 2. The Hall–Kier alpha value is -3.88. The zero-order chi connectivity index (χ0) is 22.6. The van der Waals surface area contributed by atoms with E-state index in [1.807, 2.05) is 6.92 Å². The van der Waals surface area contributed by atoms with Crippen LogP contribution >= 0.6 is 0 Å². The molecular formula is C22H25N3O6. The molecule has 0 fully saturated rings. The number of nitrogens with one attached hydrogen (secondary N) is 2. The van der Waals surface area contributed by atoms with Gasteiger partial charge < -0.3 is 19.5 Å². The summed E-state index contributed by atoms with van der Waals surface area (Å²) < 4.78 is 15.8. The van der Waals surface area contributed by atoms with Gasteiger partial charge in [-0.15, -0.1) is 0 Å². The first-order chi connectivity index (χ1) is 14.9. The molecule has 0 saturated carbocycles. The van der Waals surface area contributed by atoms with E-state index in [1.54, 1.807) is 49.4 Å². The number of esters is 1. The Labute approximate surface area is 180 Å². The van der Waals surface area contributed by atoms with Crippen molar-refractivity contribution >= 4 is 29.7 Å². The average molecular weight is 427 g/mol. The summed E-state index contributed by atoms with van der Waals surface area (Å²) in [6, 6.07) is 11.5. The third-order valence-electron chi connectivity index (χ3n) is 3.74. The summed E-state index contributed by atoms with van der Waals surface area (Å²) in [6.45, 7) is 5.38. The van der Waals surface area contributed by atoms with Crippen LogP contribution in [-0.2, 0) is 14.3 Å². The molecule has 2 aromatic carbocycles. The Morgan fingerprint density at radius 1 is 1.00 bits per heavy atom. The van der Waals surface area contributed by atoms with Crippen molar-refractivity contribution in [3.05, 3.63) is 53.6 Å². The van der Waals surface area contributed by atoms with E-state index < -0.39 is 11.9 Å². The third-order valence-corrected chi connectivity index (χ3v) is 3.74. The molecule has 0 aliphatic rings. The first kappa shape index (κ1) is 23.4. The lowest BCUT2D eigenvalue weighted by molar-refractivity contribution is -0.145. The summed E-state index contributed by atoms with van der Waals surface area (Å²) in [5, 5.41) is 6.57. The summed E-state index contributed by atoms with van der Waals surface area (Å²) in [4.78, 5) is 34.9. The van der Waals surface area contributed by atoms with Crippen LogP contribution in [-0.4, -0.2) is 43.8 Å². The van der Waals surface area contributed by atoms with Crippen molar-refractivity contribution in [2.45, 2.75) is 20.8 Å². The minimum atomic E-state index is -0.471. The first-order valence-corrected chi connectivity index (χ1v) is 9.69. The zero-order valence-electron chi connectivity index (χ0n) is 17.6. The average Bonchev–Trinajstić information content (AvgIpc) is 2.73. The molecule has 0 aliphatic heterocycles. The summed E-state index contributed by atoms with van der Waals surface area (Å²) in [7, 11) is 0. The Morgan fingerprint density at radius 2 is 1.81 bits per heavy atom. The van der Waals surface area contributed by atoms with Gasteiger partial charge in [-0.2, -0.15) is 5.10 Å². The number of amides is 2. The predicted octanol–water partition coefficient (Wildman–Crippen LogP) is 2.75. The van der Waals surface area contributed by atoms with Crippen LogP contribution in [0.1, 0.15) is 36.7 Å². The molecular weight excluding hydrogens is 402 g/mol. The second-order valence-corrected chi connectivity index (χ2v) is 6.19. The highest BCUT2D eigenvalue weighted by molar-refractivity contribution is 5.97. The molecule has 31 heavy (non-hydrogen) atoms. The van der Waals surface area contributed by atoms with Crippen molar-refractivity contribution in [2.75, 3.05) is 25.1 Å². The third kappa shape index (κ3) is 7.81. The van der Waals surface area contributed by atoms with E-state index in [0.29, 0.717) is 34.9 Å². The van der Waals surface area contributed by atoms with Gasteiger partial charge in [0.1, 0.15) is 0 Å². The highest BCUT2D eigenvalue weighted by Crippen LogP contribution is 2.28. The molecule has 9 heteroatoms. The molecule has 2 aromatic rings. The van der Waals surface area contributed by atoms with Gasteiger partial charge in [0.2, 0.25) is 5.91 Å². The molecule has 0 aliphatic carbocycles. The van der Waals surface area contributed by atoms with E-state index in [1.165, 1.54) is 13.1 Å². The number of ether oxygens (including phenoxy) is 3. The Morgan fingerprint density at radius 3 is 2.52 bits per heavy atom. The second kappa shape index (κ2) is 12.0. The molecule has 2 N–H and O–H groups in total. The molecule has 0 aromatic heterocycles. The highest BCUT2D eigenvalue weighted by Gasteiger charge is 2.10. The predicted molar refractivity (Wildman–Crippen MR) is 116 cm³/mol. The maximum absolute atomic E-state index is 12.3. The van der Waals surface area contributed by atoms with Gasteiger partial charge in [-0.25, -0.2) is 10.2 Å². The SMILES string of the molecule is CCOC(=O)COc1ccc(/C=N\NC(=O)c2cccc(NC(C)=O)c2)cc1OCC. The molecule has 2 rings (SSSR count). The van der Waals surface area contributed by atoms with Gasteiger partial charge in [0, 0.05) is 18.2 Å². The monoisotopic (exact) mass is 427 g/mol. The summed E-state index contributed by atoms with van der Waals surface area (Å²) in [6.07, 6.45) is 1.45. The van der Waals surface area contributed by atoms with Crippen molar-refractivity contribution in [2.24, 2.45) is 5.10 Å². The fraction of sp³-hybridized carbons (Fsp3) is 0.273. The standard InChI is InChI=1S/C22H25N3O6/c1-4-29-20-11-16(9-10-19(20)31-14-21(27)30-5-2)13-23-25-22(28)17-7-6-8-18(12-17)24-15(3)26/h6-13H,4-5,14H2,1-3H3,(H,24,26)(H,25,28)/b23-13-.